The second-order valence-electron chi connectivity index (χ2n) is 9.28. The van der Waals surface area contributed by atoms with Crippen LogP contribution in [0.1, 0.15) is 35.0 Å². The van der Waals surface area contributed by atoms with Crippen LogP contribution in [-0.4, -0.2) is 68.6 Å². The van der Waals surface area contributed by atoms with Gasteiger partial charge in [-0.15, -0.1) is 0 Å². The topological polar surface area (TPSA) is 117 Å². The molecule has 4 rings (SSSR count). The van der Waals surface area contributed by atoms with E-state index in [4.69, 9.17) is 10.8 Å². The van der Waals surface area contributed by atoms with Gasteiger partial charge in [-0.25, -0.2) is 9.49 Å². The molecule has 2 atom stereocenters. The lowest BCUT2D eigenvalue weighted by atomic mass is 9.98. The molecule has 1 aliphatic rings. The van der Waals surface area contributed by atoms with E-state index in [-0.39, 0.29) is 11.3 Å². The van der Waals surface area contributed by atoms with E-state index in [9.17, 15) is 40.3 Å². The molecule has 1 amide bonds. The number of aromatic amines is 1. The van der Waals surface area contributed by atoms with Crippen LogP contribution in [0, 0.1) is 16.6 Å². The Morgan fingerprint density at radius 3 is 2.38 bits per heavy atom. The first-order valence-corrected chi connectivity index (χ1v) is 11.7. The van der Waals surface area contributed by atoms with Crippen molar-refractivity contribution in [2.45, 2.75) is 44.2 Å². The van der Waals surface area contributed by atoms with Crippen molar-refractivity contribution in [2.75, 3.05) is 6.54 Å². The highest BCUT2D eigenvalue weighted by Crippen LogP contribution is 2.32. The lowest BCUT2D eigenvalue weighted by molar-refractivity contribution is -0.142. The number of amidine groups is 2. The predicted octanol–water partition coefficient (Wildman–Crippen LogP) is 4.64. The number of hydrogen-bond acceptors (Lipinski definition) is 5. The van der Waals surface area contributed by atoms with Gasteiger partial charge in [-0.3, -0.25) is 20.4 Å². The summed E-state index contributed by atoms with van der Waals surface area (Å²) in [6.45, 7) is 0.370. The number of rotatable bonds is 4. The Hall–Kier alpha value is -4.30. The highest BCUT2D eigenvalue weighted by atomic mass is 19.4. The number of piperazine rings is 1. The van der Waals surface area contributed by atoms with E-state index >= 15 is 0 Å². The van der Waals surface area contributed by atoms with Crippen molar-refractivity contribution in [3.05, 3.63) is 75.5 Å². The van der Waals surface area contributed by atoms with Crippen molar-refractivity contribution < 1.29 is 35.5 Å². The third kappa shape index (κ3) is 5.67. The Morgan fingerprint density at radius 1 is 1.10 bits per heavy atom. The van der Waals surface area contributed by atoms with Gasteiger partial charge in [0, 0.05) is 18.4 Å². The van der Waals surface area contributed by atoms with Crippen LogP contribution in [0.25, 0.3) is 10.8 Å². The van der Waals surface area contributed by atoms with Crippen LogP contribution >= 0.6 is 0 Å². The zero-order valence-corrected chi connectivity index (χ0v) is 20.6. The number of H-pyrrole nitrogens is 1. The zero-order valence-electron chi connectivity index (χ0n) is 20.6. The molecule has 1 saturated heterocycles. The molecule has 3 N–H and O–H groups in total. The Bertz CT molecular complexity index is 1550. The smallest absolute Gasteiger partial charge is 0.326 e. The number of nitrogens with one attached hydrogen (secondary N) is 3. The van der Waals surface area contributed by atoms with Crippen molar-refractivity contribution in [3.8, 4) is 0 Å². The quantitative estimate of drug-likeness (QED) is 0.241. The predicted molar refractivity (Wildman–Crippen MR) is 130 cm³/mol. The average molecular weight is 570 g/mol. The summed E-state index contributed by atoms with van der Waals surface area (Å²) in [7, 11) is 0. The summed E-state index contributed by atoms with van der Waals surface area (Å²) in [5.41, 5.74) is -0.427. The summed E-state index contributed by atoms with van der Waals surface area (Å²) < 4.78 is 94.8. The number of carbonyl (C=O) groups excluding carboxylic acids is 1. The highest BCUT2D eigenvalue weighted by Gasteiger charge is 2.50. The molecule has 1 aromatic heterocycles. The fraction of sp³-hybridized carbons (Fsp3) is 0.320. The lowest BCUT2D eigenvalue weighted by Gasteiger charge is -2.46. The van der Waals surface area contributed by atoms with Gasteiger partial charge in [0.2, 0.25) is 5.84 Å². The van der Waals surface area contributed by atoms with Crippen LogP contribution in [-0.2, 0) is 6.42 Å². The van der Waals surface area contributed by atoms with Gasteiger partial charge in [-0.2, -0.15) is 31.4 Å². The molecule has 0 radical (unpaired) electrons. The first kappa shape index (κ1) is 28.7. The fourth-order valence-corrected chi connectivity index (χ4v) is 4.67. The molecule has 40 heavy (non-hydrogen) atoms. The number of fused-ring (bicyclic) bond motifs is 1. The minimum absolute atomic E-state index is 0.00736. The Labute approximate surface area is 221 Å². The summed E-state index contributed by atoms with van der Waals surface area (Å²) in [6, 6.07) is 6.18. The molecule has 8 nitrogen and oxygen atoms in total. The summed E-state index contributed by atoms with van der Waals surface area (Å²) >= 11 is 0. The molecular weight excluding hydrogens is 549 g/mol. The molecule has 1 fully saturated rings. The van der Waals surface area contributed by atoms with Crippen LogP contribution in [0.3, 0.4) is 0 Å². The molecule has 3 aromatic rings. The van der Waals surface area contributed by atoms with Crippen molar-refractivity contribution in [1.82, 2.24) is 20.0 Å². The molecule has 212 valence electrons. The number of halogens is 7. The van der Waals surface area contributed by atoms with E-state index in [1.807, 2.05) is 0 Å². The van der Waals surface area contributed by atoms with Gasteiger partial charge in [0.15, 0.2) is 0 Å². The number of carbonyl (C=O) groups is 1. The van der Waals surface area contributed by atoms with Gasteiger partial charge < -0.3 is 9.80 Å². The average Bonchev–Trinajstić information content (AvgIpc) is 2.87. The van der Waals surface area contributed by atoms with Crippen molar-refractivity contribution in [2.24, 2.45) is 0 Å². The largest absolute Gasteiger partial charge is 0.449 e. The molecular formula is C25H21F7N6O2. The van der Waals surface area contributed by atoms with E-state index < -0.39 is 71.9 Å². The first-order valence-electron chi connectivity index (χ1n) is 11.7. The number of alkyl halides is 6. The minimum atomic E-state index is -5.25. The molecule has 2 aromatic carbocycles. The number of benzene rings is 2. The van der Waals surface area contributed by atoms with Gasteiger partial charge in [-0.05, 0) is 30.7 Å². The van der Waals surface area contributed by atoms with E-state index in [2.05, 4.69) is 10.2 Å². The van der Waals surface area contributed by atoms with Gasteiger partial charge >= 0.3 is 12.4 Å². The first-order chi connectivity index (χ1) is 18.6. The maximum atomic E-state index is 14.9. The fourth-order valence-electron chi connectivity index (χ4n) is 4.67. The van der Waals surface area contributed by atoms with E-state index in [0.717, 1.165) is 19.1 Å². The molecule has 0 spiro atoms. The van der Waals surface area contributed by atoms with Crippen LogP contribution < -0.4 is 5.56 Å². The third-order valence-corrected chi connectivity index (χ3v) is 6.46. The van der Waals surface area contributed by atoms with Crippen molar-refractivity contribution >= 4 is 28.4 Å². The van der Waals surface area contributed by atoms with E-state index in [0.29, 0.717) is 26.9 Å². The Kier molecular flexibility index (Phi) is 7.43. The monoisotopic (exact) mass is 570 g/mol. The Morgan fingerprint density at radius 2 is 1.75 bits per heavy atom. The summed E-state index contributed by atoms with van der Waals surface area (Å²) in [5.74, 6) is -5.66. The number of nitrogens with zero attached hydrogens (tertiary/aromatic N) is 3. The summed E-state index contributed by atoms with van der Waals surface area (Å²) in [6.07, 6.45) is -12.1. The maximum absolute atomic E-state index is 14.9. The molecule has 0 aliphatic carbocycles. The Balaban J connectivity index is 1.70. The SMILES string of the molecule is CC1CN(C(=O)c2cc(Cc3n[nH]c(=O)c4ccccc34)ccc2F)C(CC(F)(F)F)C(=N)N1C(=N)C(F)(F)F. The molecule has 0 saturated carbocycles. The van der Waals surface area contributed by atoms with Crippen LogP contribution in [0.2, 0.25) is 0 Å². The van der Waals surface area contributed by atoms with E-state index in [1.54, 1.807) is 24.3 Å². The normalized spacial score (nSPS) is 18.4. The molecule has 15 heteroatoms. The molecule has 2 unspecified atom stereocenters. The second kappa shape index (κ2) is 10.4. The maximum Gasteiger partial charge on any atom is 0.449 e. The van der Waals surface area contributed by atoms with Gasteiger partial charge in [-0.1, -0.05) is 24.3 Å². The van der Waals surface area contributed by atoms with Crippen molar-refractivity contribution in [3.63, 3.8) is 0 Å². The standard InChI is InChI=1S/C25H21F7N6O2/c1-12-11-37(19(10-24(27,28)29)20(33)38(12)23(34)25(30,31)32)22(40)16-8-13(6-7-17(16)26)9-18-14-4-2-3-5-15(14)21(39)36-35-18/h2-8,12,19,33-34H,9-11H2,1H3,(H,36,39). The summed E-state index contributed by atoms with van der Waals surface area (Å²) in [5, 5.41) is 22.7. The van der Waals surface area contributed by atoms with Gasteiger partial charge in [0.25, 0.3) is 11.5 Å². The summed E-state index contributed by atoms with van der Waals surface area (Å²) in [4.78, 5) is 26.1. The number of aromatic nitrogens is 2. The van der Waals surface area contributed by atoms with Crippen LogP contribution in [0.4, 0.5) is 30.7 Å². The minimum Gasteiger partial charge on any atom is -0.326 e. The van der Waals surface area contributed by atoms with Gasteiger partial charge in [0.05, 0.1) is 35.1 Å². The number of amides is 1. The third-order valence-electron chi connectivity index (χ3n) is 6.46. The second-order valence-corrected chi connectivity index (χ2v) is 9.28. The highest BCUT2D eigenvalue weighted by molar-refractivity contribution is 6.06. The molecule has 1 aliphatic heterocycles. The molecule has 2 heterocycles. The van der Waals surface area contributed by atoms with Crippen molar-refractivity contribution in [1.29, 1.82) is 10.8 Å². The zero-order chi connectivity index (χ0) is 29.6. The van der Waals surface area contributed by atoms with E-state index in [1.165, 1.54) is 6.07 Å². The van der Waals surface area contributed by atoms with Crippen LogP contribution in [0.15, 0.2) is 47.3 Å². The van der Waals surface area contributed by atoms with Gasteiger partial charge in [0.1, 0.15) is 11.7 Å². The molecule has 0 bridgehead atoms. The lowest BCUT2D eigenvalue weighted by Crippen LogP contribution is -2.65. The van der Waals surface area contributed by atoms with Crippen LogP contribution in [0.5, 0.6) is 0 Å². The number of hydrogen-bond donors (Lipinski definition) is 3.